The summed E-state index contributed by atoms with van der Waals surface area (Å²) in [6.45, 7) is 1.11. The van der Waals surface area contributed by atoms with Crippen LogP contribution in [0.1, 0.15) is 20.9 Å². The van der Waals surface area contributed by atoms with Crippen molar-refractivity contribution in [1.82, 2.24) is 19.9 Å². The standard InChI is InChI=1S/C25H20N4OS/c30-25(27-14-24-28-22(17-31-24)19-10-12-26-13-11-19)21-16-29(15-18-6-2-1-3-7-18)23-9-5-4-8-20(21)23/h1-13,16-17H,14-15H2,(H,27,30). The average Bonchev–Trinajstić information content (AvgIpc) is 3.44. The molecule has 152 valence electrons. The van der Waals surface area contributed by atoms with Crippen LogP contribution in [-0.4, -0.2) is 20.4 Å². The Kier molecular flexibility index (Phi) is 5.29. The van der Waals surface area contributed by atoms with E-state index < -0.39 is 0 Å². The van der Waals surface area contributed by atoms with Crippen LogP contribution < -0.4 is 5.32 Å². The maximum Gasteiger partial charge on any atom is 0.253 e. The molecule has 5 nitrogen and oxygen atoms in total. The predicted octanol–water partition coefficient (Wildman–Crippen LogP) is 5.14. The van der Waals surface area contributed by atoms with Crippen molar-refractivity contribution in [2.24, 2.45) is 0 Å². The number of pyridine rings is 1. The van der Waals surface area contributed by atoms with Gasteiger partial charge in [0.2, 0.25) is 0 Å². The summed E-state index contributed by atoms with van der Waals surface area (Å²) in [5, 5.41) is 6.86. The fraction of sp³-hybridized carbons (Fsp3) is 0.0800. The van der Waals surface area contributed by atoms with Crippen LogP contribution in [-0.2, 0) is 13.1 Å². The summed E-state index contributed by atoms with van der Waals surface area (Å²) in [5.74, 6) is -0.0938. The van der Waals surface area contributed by atoms with Gasteiger partial charge >= 0.3 is 0 Å². The van der Waals surface area contributed by atoms with Crippen LogP contribution in [0, 0.1) is 0 Å². The van der Waals surface area contributed by atoms with Crippen molar-refractivity contribution in [3.05, 3.63) is 107 Å². The number of amides is 1. The molecule has 0 saturated carbocycles. The zero-order chi connectivity index (χ0) is 21.0. The number of hydrogen-bond donors (Lipinski definition) is 1. The first-order chi connectivity index (χ1) is 15.3. The molecular formula is C25H20N4OS. The van der Waals surface area contributed by atoms with E-state index in [1.165, 1.54) is 5.56 Å². The zero-order valence-corrected chi connectivity index (χ0v) is 17.5. The Hall–Kier alpha value is -3.77. The van der Waals surface area contributed by atoms with Crippen molar-refractivity contribution in [3.63, 3.8) is 0 Å². The Morgan fingerprint density at radius 1 is 0.968 bits per heavy atom. The van der Waals surface area contributed by atoms with Crippen molar-refractivity contribution in [1.29, 1.82) is 0 Å². The van der Waals surface area contributed by atoms with Crippen molar-refractivity contribution in [2.45, 2.75) is 13.1 Å². The number of hydrogen-bond acceptors (Lipinski definition) is 4. The molecular weight excluding hydrogens is 404 g/mol. The molecule has 1 N–H and O–H groups in total. The third kappa shape index (κ3) is 4.11. The van der Waals surface area contributed by atoms with Crippen LogP contribution in [0.5, 0.6) is 0 Å². The second-order valence-corrected chi connectivity index (χ2v) is 8.16. The van der Waals surface area contributed by atoms with E-state index >= 15 is 0 Å². The molecule has 0 aliphatic heterocycles. The molecule has 0 atom stereocenters. The van der Waals surface area contributed by atoms with Gasteiger partial charge in [-0.25, -0.2) is 4.98 Å². The van der Waals surface area contributed by atoms with Crippen molar-refractivity contribution < 1.29 is 4.79 Å². The first kappa shape index (κ1) is 19.2. The van der Waals surface area contributed by atoms with E-state index in [4.69, 9.17) is 0 Å². The number of nitrogens with one attached hydrogen (secondary N) is 1. The first-order valence-electron chi connectivity index (χ1n) is 10.0. The number of para-hydroxylation sites is 1. The van der Waals surface area contributed by atoms with Gasteiger partial charge in [-0.05, 0) is 23.8 Å². The van der Waals surface area contributed by atoms with E-state index in [1.807, 2.05) is 60.1 Å². The number of fused-ring (bicyclic) bond motifs is 1. The van der Waals surface area contributed by atoms with Gasteiger partial charge in [0.05, 0.1) is 17.8 Å². The van der Waals surface area contributed by atoms with Gasteiger partial charge in [-0.2, -0.15) is 0 Å². The van der Waals surface area contributed by atoms with E-state index in [1.54, 1.807) is 23.7 Å². The third-order valence-corrected chi connectivity index (χ3v) is 6.01. The molecule has 0 fully saturated rings. The Balaban J connectivity index is 1.35. The summed E-state index contributed by atoms with van der Waals surface area (Å²) in [5.41, 5.74) is 4.84. The highest BCUT2D eigenvalue weighted by Gasteiger charge is 2.15. The minimum Gasteiger partial charge on any atom is -0.345 e. The lowest BCUT2D eigenvalue weighted by atomic mass is 10.1. The second kappa shape index (κ2) is 8.53. The molecule has 0 aliphatic carbocycles. The van der Waals surface area contributed by atoms with Crippen molar-refractivity contribution >= 4 is 28.1 Å². The molecule has 0 saturated heterocycles. The SMILES string of the molecule is O=C(NCc1nc(-c2ccncc2)cs1)c1cn(Cc2ccccc2)c2ccccc12. The largest absolute Gasteiger partial charge is 0.345 e. The fourth-order valence-corrected chi connectivity index (χ4v) is 4.38. The van der Waals surface area contributed by atoms with E-state index in [9.17, 15) is 4.79 Å². The maximum absolute atomic E-state index is 13.0. The minimum atomic E-state index is -0.0938. The summed E-state index contributed by atoms with van der Waals surface area (Å²) in [6, 6.07) is 22.1. The van der Waals surface area contributed by atoms with Gasteiger partial charge < -0.3 is 9.88 Å². The van der Waals surface area contributed by atoms with Crippen molar-refractivity contribution in [2.75, 3.05) is 0 Å². The fourth-order valence-electron chi connectivity index (χ4n) is 3.64. The molecule has 0 aliphatic rings. The van der Waals surface area contributed by atoms with Crippen LogP contribution in [0.3, 0.4) is 0 Å². The predicted molar refractivity (Wildman–Crippen MR) is 124 cm³/mol. The smallest absolute Gasteiger partial charge is 0.253 e. The van der Waals surface area contributed by atoms with Gasteiger partial charge in [-0.15, -0.1) is 11.3 Å². The normalized spacial score (nSPS) is 11.0. The quantitative estimate of drug-likeness (QED) is 0.411. The van der Waals surface area contributed by atoms with Gasteiger partial charge in [0.1, 0.15) is 5.01 Å². The van der Waals surface area contributed by atoms with Gasteiger partial charge in [0.25, 0.3) is 5.91 Å². The number of rotatable bonds is 6. The lowest BCUT2D eigenvalue weighted by Crippen LogP contribution is -2.22. The minimum absolute atomic E-state index is 0.0938. The number of benzene rings is 2. The molecule has 2 aromatic carbocycles. The molecule has 3 aromatic heterocycles. The Labute approximate surface area is 184 Å². The van der Waals surface area contributed by atoms with E-state index in [0.29, 0.717) is 12.1 Å². The van der Waals surface area contributed by atoms with E-state index in [-0.39, 0.29) is 5.91 Å². The molecule has 0 bridgehead atoms. The number of carbonyl (C=O) groups excluding carboxylic acids is 1. The van der Waals surface area contributed by atoms with Crippen molar-refractivity contribution in [3.8, 4) is 11.3 Å². The first-order valence-corrected chi connectivity index (χ1v) is 10.9. The Morgan fingerprint density at radius 2 is 1.74 bits per heavy atom. The van der Waals surface area contributed by atoms with Crippen LogP contribution in [0.2, 0.25) is 0 Å². The molecule has 31 heavy (non-hydrogen) atoms. The number of carbonyl (C=O) groups is 1. The van der Waals surface area contributed by atoms with Gasteiger partial charge in [0, 0.05) is 47.0 Å². The molecule has 1 amide bonds. The Morgan fingerprint density at radius 3 is 2.58 bits per heavy atom. The lowest BCUT2D eigenvalue weighted by molar-refractivity contribution is 0.0952. The summed E-state index contributed by atoms with van der Waals surface area (Å²) in [4.78, 5) is 21.7. The van der Waals surface area contributed by atoms with E-state index in [0.717, 1.165) is 33.7 Å². The monoisotopic (exact) mass is 424 g/mol. The van der Waals surface area contributed by atoms with Crippen LogP contribution >= 0.6 is 11.3 Å². The van der Waals surface area contributed by atoms with Gasteiger partial charge in [-0.3, -0.25) is 9.78 Å². The molecule has 5 aromatic rings. The second-order valence-electron chi connectivity index (χ2n) is 7.22. The number of aromatic nitrogens is 3. The molecule has 6 heteroatoms. The zero-order valence-electron chi connectivity index (χ0n) is 16.7. The molecule has 0 radical (unpaired) electrons. The molecule has 0 unspecified atom stereocenters. The van der Waals surface area contributed by atoms with Crippen LogP contribution in [0.25, 0.3) is 22.2 Å². The lowest BCUT2D eigenvalue weighted by Gasteiger charge is -2.05. The summed E-state index contributed by atoms with van der Waals surface area (Å²) in [6.07, 6.45) is 5.44. The Bertz CT molecular complexity index is 1330. The van der Waals surface area contributed by atoms with Crippen LogP contribution in [0.15, 0.2) is 90.7 Å². The molecule has 3 heterocycles. The van der Waals surface area contributed by atoms with Gasteiger partial charge in [0.15, 0.2) is 0 Å². The topological polar surface area (TPSA) is 59.8 Å². The summed E-state index contributed by atoms with van der Waals surface area (Å²) < 4.78 is 2.13. The molecule has 0 spiro atoms. The highest BCUT2D eigenvalue weighted by Crippen LogP contribution is 2.24. The highest BCUT2D eigenvalue weighted by molar-refractivity contribution is 7.09. The highest BCUT2D eigenvalue weighted by atomic mass is 32.1. The third-order valence-electron chi connectivity index (χ3n) is 5.16. The van der Waals surface area contributed by atoms with Crippen LogP contribution in [0.4, 0.5) is 0 Å². The van der Waals surface area contributed by atoms with Gasteiger partial charge in [-0.1, -0.05) is 48.5 Å². The maximum atomic E-state index is 13.0. The summed E-state index contributed by atoms with van der Waals surface area (Å²) in [7, 11) is 0. The van der Waals surface area contributed by atoms with E-state index in [2.05, 4.69) is 38.1 Å². The average molecular weight is 425 g/mol. The summed E-state index contributed by atoms with van der Waals surface area (Å²) >= 11 is 1.54. The number of thiazole rings is 1. The number of nitrogens with zero attached hydrogens (tertiary/aromatic N) is 3. The molecule has 5 rings (SSSR count).